The number of carbonyl (C=O) groups excluding carboxylic acids is 1. The highest BCUT2D eigenvalue weighted by Crippen LogP contribution is 2.15. The summed E-state index contributed by atoms with van der Waals surface area (Å²) in [6.07, 6.45) is 5.10. The molecule has 4 heteroatoms. The van der Waals surface area contributed by atoms with Crippen LogP contribution in [-0.2, 0) is 0 Å². The second-order valence-electron chi connectivity index (χ2n) is 3.01. The molecule has 0 radical (unpaired) electrons. The Labute approximate surface area is 94.3 Å². The normalized spacial score (nSPS) is 8.69. The quantitative estimate of drug-likeness (QED) is 0.735. The predicted molar refractivity (Wildman–Crippen MR) is 61.9 cm³/mol. The molecule has 1 rings (SSSR count). The molecule has 0 unspecified atom stereocenters. The summed E-state index contributed by atoms with van der Waals surface area (Å²) < 4.78 is 0. The summed E-state index contributed by atoms with van der Waals surface area (Å²) >= 11 is 0. The average molecular weight is 213 g/mol. The van der Waals surface area contributed by atoms with Gasteiger partial charge in [0.15, 0.2) is 0 Å². The summed E-state index contributed by atoms with van der Waals surface area (Å²) in [5.74, 6) is 2.15. The number of anilines is 1. The van der Waals surface area contributed by atoms with Gasteiger partial charge in [-0.25, -0.2) is 0 Å². The first-order valence-electron chi connectivity index (χ1n) is 4.66. The van der Waals surface area contributed by atoms with Crippen LogP contribution in [0.1, 0.15) is 15.9 Å². The van der Waals surface area contributed by atoms with Crippen LogP contribution in [0.4, 0.5) is 5.69 Å². The van der Waals surface area contributed by atoms with Gasteiger partial charge in [-0.2, -0.15) is 5.26 Å². The Morgan fingerprint density at radius 2 is 2.31 bits per heavy atom. The molecule has 0 aliphatic heterocycles. The fraction of sp³-hybridized carbons (Fsp3) is 0.167. The molecule has 80 valence electrons. The summed E-state index contributed by atoms with van der Waals surface area (Å²) in [4.78, 5) is 11.4. The standard InChI is InChI=1S/C12H11N3O/c1-3-6-15-10-4-5-11(12(16)14-2)9(7-10)8-13/h1,4-5,7,15H,6H2,2H3,(H,14,16). The van der Waals surface area contributed by atoms with Crippen molar-refractivity contribution in [3.63, 3.8) is 0 Å². The van der Waals surface area contributed by atoms with Crippen molar-refractivity contribution in [3.8, 4) is 18.4 Å². The van der Waals surface area contributed by atoms with Crippen LogP contribution in [0.3, 0.4) is 0 Å². The fourth-order valence-corrected chi connectivity index (χ4v) is 1.23. The Morgan fingerprint density at radius 1 is 1.56 bits per heavy atom. The van der Waals surface area contributed by atoms with Crippen LogP contribution >= 0.6 is 0 Å². The van der Waals surface area contributed by atoms with Crippen molar-refractivity contribution in [2.24, 2.45) is 0 Å². The van der Waals surface area contributed by atoms with Crippen molar-refractivity contribution in [1.29, 1.82) is 5.26 Å². The molecule has 4 nitrogen and oxygen atoms in total. The minimum absolute atomic E-state index is 0.278. The molecule has 1 amide bonds. The van der Waals surface area contributed by atoms with Crippen molar-refractivity contribution in [3.05, 3.63) is 29.3 Å². The number of nitrogens with zero attached hydrogens (tertiary/aromatic N) is 1. The number of carbonyl (C=O) groups is 1. The van der Waals surface area contributed by atoms with Gasteiger partial charge in [-0.1, -0.05) is 5.92 Å². The number of amides is 1. The maximum absolute atomic E-state index is 11.4. The summed E-state index contributed by atoms with van der Waals surface area (Å²) in [5.41, 5.74) is 1.40. The van der Waals surface area contributed by atoms with Crippen molar-refractivity contribution >= 4 is 11.6 Å². The number of terminal acetylenes is 1. The molecule has 0 atom stereocenters. The first-order chi connectivity index (χ1) is 7.72. The van der Waals surface area contributed by atoms with Crippen molar-refractivity contribution in [1.82, 2.24) is 5.32 Å². The second kappa shape index (κ2) is 5.43. The molecule has 0 saturated heterocycles. The number of benzene rings is 1. The number of rotatable bonds is 3. The molecule has 0 fully saturated rings. The van der Waals surface area contributed by atoms with Crippen LogP contribution in [0, 0.1) is 23.7 Å². The highest BCUT2D eigenvalue weighted by Gasteiger charge is 2.09. The summed E-state index contributed by atoms with van der Waals surface area (Å²) in [6.45, 7) is 0.379. The van der Waals surface area contributed by atoms with Crippen LogP contribution in [0.25, 0.3) is 0 Å². The molecule has 2 N–H and O–H groups in total. The molecule has 1 aromatic carbocycles. The molecule has 0 spiro atoms. The van der Waals surface area contributed by atoms with E-state index in [1.165, 1.54) is 7.05 Å². The van der Waals surface area contributed by atoms with Crippen LogP contribution in [0.2, 0.25) is 0 Å². The molecule has 0 aliphatic carbocycles. The molecule has 0 heterocycles. The number of nitrogens with one attached hydrogen (secondary N) is 2. The van der Waals surface area contributed by atoms with Gasteiger partial charge in [0.2, 0.25) is 0 Å². The summed E-state index contributed by atoms with van der Waals surface area (Å²) in [5, 5.41) is 14.3. The monoisotopic (exact) mass is 213 g/mol. The maximum atomic E-state index is 11.4. The summed E-state index contributed by atoms with van der Waals surface area (Å²) in [6, 6.07) is 6.88. The third-order valence-corrected chi connectivity index (χ3v) is 2.01. The van der Waals surface area contributed by atoms with E-state index in [2.05, 4.69) is 16.6 Å². The smallest absolute Gasteiger partial charge is 0.252 e. The van der Waals surface area contributed by atoms with E-state index in [0.717, 1.165) is 5.69 Å². The minimum atomic E-state index is -0.278. The van der Waals surface area contributed by atoms with Gasteiger partial charge in [0.25, 0.3) is 5.91 Å². The number of hydrogen-bond acceptors (Lipinski definition) is 3. The average Bonchev–Trinajstić information content (AvgIpc) is 2.34. The van der Waals surface area contributed by atoms with Crippen molar-refractivity contribution in [2.75, 3.05) is 18.9 Å². The van der Waals surface area contributed by atoms with Gasteiger partial charge in [-0.3, -0.25) is 4.79 Å². The van der Waals surface area contributed by atoms with E-state index in [4.69, 9.17) is 11.7 Å². The van der Waals surface area contributed by atoms with E-state index in [1.807, 2.05) is 6.07 Å². The Morgan fingerprint density at radius 3 is 2.88 bits per heavy atom. The van der Waals surface area contributed by atoms with Gasteiger partial charge in [-0.15, -0.1) is 6.42 Å². The zero-order valence-electron chi connectivity index (χ0n) is 8.87. The third kappa shape index (κ3) is 2.52. The molecule has 1 aromatic rings. The number of hydrogen-bond donors (Lipinski definition) is 2. The lowest BCUT2D eigenvalue weighted by atomic mass is 10.1. The molecule has 0 aliphatic rings. The zero-order valence-corrected chi connectivity index (χ0v) is 8.87. The van der Waals surface area contributed by atoms with Gasteiger partial charge in [0, 0.05) is 12.7 Å². The molecule has 0 saturated carbocycles. The van der Waals surface area contributed by atoms with Gasteiger partial charge in [0.05, 0.1) is 17.7 Å². The Hall–Kier alpha value is -2.46. The minimum Gasteiger partial charge on any atom is -0.374 e. The molecular formula is C12H11N3O. The lowest BCUT2D eigenvalue weighted by Gasteiger charge is -2.06. The molecule has 16 heavy (non-hydrogen) atoms. The van der Waals surface area contributed by atoms with E-state index in [0.29, 0.717) is 17.7 Å². The van der Waals surface area contributed by atoms with E-state index in [-0.39, 0.29) is 5.91 Å². The number of nitriles is 1. The van der Waals surface area contributed by atoms with E-state index < -0.39 is 0 Å². The van der Waals surface area contributed by atoms with E-state index in [9.17, 15) is 4.79 Å². The topological polar surface area (TPSA) is 64.9 Å². The van der Waals surface area contributed by atoms with Gasteiger partial charge in [-0.05, 0) is 18.2 Å². The lowest BCUT2D eigenvalue weighted by molar-refractivity contribution is 0.0963. The Balaban J connectivity index is 3.04. The maximum Gasteiger partial charge on any atom is 0.252 e. The van der Waals surface area contributed by atoms with Gasteiger partial charge >= 0.3 is 0 Å². The Kier molecular flexibility index (Phi) is 3.94. The first-order valence-corrected chi connectivity index (χ1v) is 4.66. The largest absolute Gasteiger partial charge is 0.374 e. The van der Waals surface area contributed by atoms with Gasteiger partial charge < -0.3 is 10.6 Å². The fourth-order valence-electron chi connectivity index (χ4n) is 1.23. The van der Waals surface area contributed by atoms with Gasteiger partial charge in [0.1, 0.15) is 6.07 Å². The van der Waals surface area contributed by atoms with E-state index >= 15 is 0 Å². The highest BCUT2D eigenvalue weighted by atomic mass is 16.1. The van der Waals surface area contributed by atoms with Crippen LogP contribution in [0.15, 0.2) is 18.2 Å². The lowest BCUT2D eigenvalue weighted by Crippen LogP contribution is -2.19. The van der Waals surface area contributed by atoms with E-state index in [1.54, 1.807) is 18.2 Å². The Bertz CT molecular complexity index is 480. The molecule has 0 bridgehead atoms. The van der Waals surface area contributed by atoms with Crippen LogP contribution in [0.5, 0.6) is 0 Å². The zero-order chi connectivity index (χ0) is 12.0. The highest BCUT2D eigenvalue weighted by molar-refractivity contribution is 5.96. The first kappa shape index (κ1) is 11.6. The SMILES string of the molecule is C#CCNc1ccc(C(=O)NC)c(C#N)c1. The molecule has 0 aromatic heterocycles. The third-order valence-electron chi connectivity index (χ3n) is 2.01. The molecular weight excluding hydrogens is 202 g/mol. The van der Waals surface area contributed by atoms with Crippen molar-refractivity contribution < 1.29 is 4.79 Å². The van der Waals surface area contributed by atoms with Crippen molar-refractivity contribution in [2.45, 2.75) is 0 Å². The summed E-state index contributed by atoms with van der Waals surface area (Å²) in [7, 11) is 1.52. The van der Waals surface area contributed by atoms with Crippen LogP contribution in [-0.4, -0.2) is 19.5 Å². The van der Waals surface area contributed by atoms with Crippen LogP contribution < -0.4 is 10.6 Å². The predicted octanol–water partition coefficient (Wildman–Crippen LogP) is 0.963. The second-order valence-corrected chi connectivity index (χ2v) is 3.01.